The van der Waals surface area contributed by atoms with Crippen molar-refractivity contribution in [2.75, 3.05) is 19.0 Å². The van der Waals surface area contributed by atoms with Crippen molar-refractivity contribution in [3.8, 4) is 5.75 Å². The van der Waals surface area contributed by atoms with Gasteiger partial charge in [-0.25, -0.2) is 4.79 Å². The first-order valence-corrected chi connectivity index (χ1v) is 10.7. The predicted molar refractivity (Wildman–Crippen MR) is 128 cm³/mol. The van der Waals surface area contributed by atoms with Crippen LogP contribution in [-0.2, 0) is 20.9 Å². The third kappa shape index (κ3) is 6.32. The number of ether oxygens (including phenoxy) is 2. The topological polar surface area (TPSA) is 82.4 Å². The van der Waals surface area contributed by atoms with E-state index in [1.807, 2.05) is 31.5 Å². The molecule has 0 saturated carbocycles. The zero-order chi connectivity index (χ0) is 24.0. The molecule has 0 aliphatic carbocycles. The lowest BCUT2D eigenvalue weighted by Crippen LogP contribution is -2.20. The van der Waals surface area contributed by atoms with Crippen LogP contribution in [0.5, 0.6) is 5.75 Å². The Morgan fingerprint density at radius 3 is 2.42 bits per heavy atom. The Kier molecular flexibility index (Phi) is 7.66. The Hall–Kier alpha value is -3.87. The van der Waals surface area contributed by atoms with Gasteiger partial charge in [-0.2, -0.15) is 5.10 Å². The Bertz CT molecular complexity index is 1180. The van der Waals surface area contributed by atoms with E-state index in [1.54, 1.807) is 18.2 Å². The predicted octanol–water partition coefficient (Wildman–Crippen LogP) is 4.37. The number of methoxy groups -OCH3 is 1. The maximum Gasteiger partial charge on any atom is 0.331 e. The third-order valence-corrected chi connectivity index (χ3v) is 5.25. The Balaban J connectivity index is 1.58. The number of nitrogens with one attached hydrogen (secondary N) is 1. The van der Waals surface area contributed by atoms with E-state index in [2.05, 4.69) is 41.6 Å². The summed E-state index contributed by atoms with van der Waals surface area (Å²) in [5.41, 5.74) is 6.47. The highest BCUT2D eigenvalue weighted by Crippen LogP contribution is 2.25. The summed E-state index contributed by atoms with van der Waals surface area (Å²) in [4.78, 5) is 24.4. The van der Waals surface area contributed by atoms with Crippen LogP contribution in [0.3, 0.4) is 0 Å². The molecule has 3 aromatic rings. The number of carbonyl (C=O) groups is 2. The first-order valence-electron chi connectivity index (χ1n) is 10.7. The molecule has 172 valence electrons. The van der Waals surface area contributed by atoms with Crippen molar-refractivity contribution in [3.63, 3.8) is 0 Å². The largest absolute Gasteiger partial charge is 0.495 e. The normalized spacial score (nSPS) is 10.9. The first-order chi connectivity index (χ1) is 15.8. The number of rotatable bonds is 8. The molecule has 1 heterocycles. The van der Waals surface area contributed by atoms with E-state index in [0.717, 1.165) is 28.1 Å². The lowest BCUT2D eigenvalue weighted by Gasteiger charge is -2.10. The third-order valence-electron chi connectivity index (χ3n) is 5.25. The molecule has 0 saturated heterocycles. The van der Waals surface area contributed by atoms with Gasteiger partial charge in [0.15, 0.2) is 6.61 Å². The highest BCUT2D eigenvalue weighted by molar-refractivity contribution is 5.95. The van der Waals surface area contributed by atoms with E-state index in [4.69, 9.17) is 9.47 Å². The molecule has 2 aromatic carbocycles. The van der Waals surface area contributed by atoms with Gasteiger partial charge in [0.1, 0.15) is 5.75 Å². The summed E-state index contributed by atoms with van der Waals surface area (Å²) < 4.78 is 12.2. The van der Waals surface area contributed by atoms with Crippen LogP contribution in [0.15, 0.2) is 48.5 Å². The Labute approximate surface area is 194 Å². The summed E-state index contributed by atoms with van der Waals surface area (Å²) in [7, 11) is 1.53. The Morgan fingerprint density at radius 2 is 1.73 bits per heavy atom. The molecule has 0 bridgehead atoms. The fraction of sp³-hybridized carbons (Fsp3) is 0.269. The molecular weight excluding hydrogens is 418 g/mol. The Morgan fingerprint density at radius 1 is 1.03 bits per heavy atom. The summed E-state index contributed by atoms with van der Waals surface area (Å²) >= 11 is 0. The van der Waals surface area contributed by atoms with Crippen LogP contribution in [0.4, 0.5) is 5.69 Å². The van der Waals surface area contributed by atoms with Crippen LogP contribution >= 0.6 is 0 Å². The second kappa shape index (κ2) is 10.6. The van der Waals surface area contributed by atoms with Gasteiger partial charge in [-0.15, -0.1) is 0 Å². The standard InChI is InChI=1S/C26H29N3O4/c1-17-6-9-21(10-7-17)15-29-20(4)22(19(3)28-29)11-13-26(31)33-16-25(30)27-23-14-18(2)8-12-24(23)32-5/h6-14H,15-16H2,1-5H3,(H,27,30)/b13-11+. The summed E-state index contributed by atoms with van der Waals surface area (Å²) in [6.07, 6.45) is 2.99. The number of carbonyl (C=O) groups excluding carboxylic acids is 2. The molecule has 7 nitrogen and oxygen atoms in total. The van der Waals surface area contributed by atoms with E-state index in [-0.39, 0.29) is 0 Å². The number of hydrogen-bond acceptors (Lipinski definition) is 5. The molecule has 7 heteroatoms. The summed E-state index contributed by atoms with van der Waals surface area (Å²) in [5.74, 6) is -0.515. The monoisotopic (exact) mass is 447 g/mol. The van der Waals surface area contributed by atoms with Gasteiger partial charge in [-0.05, 0) is 57.0 Å². The quantitative estimate of drug-likeness (QED) is 0.410. The van der Waals surface area contributed by atoms with Gasteiger partial charge >= 0.3 is 5.97 Å². The first kappa shape index (κ1) is 23.8. The van der Waals surface area contributed by atoms with Crippen molar-refractivity contribution in [2.45, 2.75) is 34.2 Å². The van der Waals surface area contributed by atoms with Crippen molar-refractivity contribution >= 4 is 23.6 Å². The minimum absolute atomic E-state index is 0.398. The van der Waals surface area contributed by atoms with Crippen LogP contribution in [0, 0.1) is 27.7 Å². The van der Waals surface area contributed by atoms with Gasteiger partial charge in [-0.1, -0.05) is 35.9 Å². The number of aryl methyl sites for hydroxylation is 3. The van der Waals surface area contributed by atoms with Crippen LogP contribution in [-0.4, -0.2) is 35.4 Å². The second-order valence-electron chi connectivity index (χ2n) is 7.92. The van der Waals surface area contributed by atoms with Gasteiger partial charge < -0.3 is 14.8 Å². The van der Waals surface area contributed by atoms with E-state index >= 15 is 0 Å². The number of amides is 1. The van der Waals surface area contributed by atoms with Crippen molar-refractivity contribution < 1.29 is 19.1 Å². The lowest BCUT2D eigenvalue weighted by atomic mass is 10.1. The summed E-state index contributed by atoms with van der Waals surface area (Å²) in [6, 6.07) is 13.7. The highest BCUT2D eigenvalue weighted by Gasteiger charge is 2.12. The minimum atomic E-state index is -0.605. The van der Waals surface area contributed by atoms with Gasteiger partial charge in [0.2, 0.25) is 0 Å². The zero-order valence-electron chi connectivity index (χ0n) is 19.6. The van der Waals surface area contributed by atoms with Crippen LogP contribution in [0.1, 0.15) is 33.6 Å². The maximum absolute atomic E-state index is 12.2. The number of anilines is 1. The van der Waals surface area contributed by atoms with Crippen molar-refractivity contribution in [3.05, 3.63) is 82.2 Å². The van der Waals surface area contributed by atoms with E-state index in [1.165, 1.54) is 18.7 Å². The van der Waals surface area contributed by atoms with Gasteiger partial charge in [0, 0.05) is 17.3 Å². The number of hydrogen-bond donors (Lipinski definition) is 1. The molecule has 0 fully saturated rings. The minimum Gasteiger partial charge on any atom is -0.495 e. The van der Waals surface area contributed by atoms with Crippen molar-refractivity contribution in [2.24, 2.45) is 0 Å². The second-order valence-corrected chi connectivity index (χ2v) is 7.92. The average Bonchev–Trinajstić information content (AvgIpc) is 3.05. The van der Waals surface area contributed by atoms with Crippen LogP contribution in [0.25, 0.3) is 6.08 Å². The number of nitrogens with zero attached hydrogens (tertiary/aromatic N) is 2. The molecule has 1 amide bonds. The van der Waals surface area contributed by atoms with Crippen molar-refractivity contribution in [1.29, 1.82) is 0 Å². The molecule has 0 aliphatic heterocycles. The molecule has 1 N–H and O–H groups in total. The molecule has 3 rings (SSSR count). The van der Waals surface area contributed by atoms with E-state index < -0.39 is 18.5 Å². The molecular formula is C26H29N3O4. The van der Waals surface area contributed by atoms with E-state index in [0.29, 0.717) is 18.0 Å². The smallest absolute Gasteiger partial charge is 0.331 e. The molecule has 33 heavy (non-hydrogen) atoms. The molecule has 0 aliphatic rings. The number of benzene rings is 2. The molecule has 0 spiro atoms. The zero-order valence-corrected chi connectivity index (χ0v) is 19.6. The van der Waals surface area contributed by atoms with Crippen LogP contribution in [0.2, 0.25) is 0 Å². The molecule has 0 atom stereocenters. The molecule has 0 unspecified atom stereocenters. The maximum atomic E-state index is 12.2. The fourth-order valence-electron chi connectivity index (χ4n) is 3.41. The summed E-state index contributed by atoms with van der Waals surface area (Å²) in [6.45, 7) is 8.07. The average molecular weight is 448 g/mol. The van der Waals surface area contributed by atoms with Gasteiger partial charge in [0.25, 0.3) is 5.91 Å². The number of aromatic nitrogens is 2. The van der Waals surface area contributed by atoms with Gasteiger partial charge in [0.05, 0.1) is 25.0 Å². The SMILES string of the molecule is COc1ccc(C)cc1NC(=O)COC(=O)/C=C/c1c(C)nn(Cc2ccc(C)cc2)c1C. The number of esters is 1. The molecule has 0 radical (unpaired) electrons. The fourth-order valence-corrected chi connectivity index (χ4v) is 3.41. The summed E-state index contributed by atoms with van der Waals surface area (Å²) in [5, 5.41) is 7.29. The molecule has 1 aromatic heterocycles. The van der Waals surface area contributed by atoms with Crippen molar-refractivity contribution in [1.82, 2.24) is 9.78 Å². The van der Waals surface area contributed by atoms with E-state index in [9.17, 15) is 9.59 Å². The van der Waals surface area contributed by atoms with Crippen LogP contribution < -0.4 is 10.1 Å². The highest BCUT2D eigenvalue weighted by atomic mass is 16.5. The lowest BCUT2D eigenvalue weighted by molar-refractivity contribution is -0.142. The van der Waals surface area contributed by atoms with Gasteiger partial charge in [-0.3, -0.25) is 9.48 Å².